The summed E-state index contributed by atoms with van der Waals surface area (Å²) in [6.07, 6.45) is 2.10. The van der Waals surface area contributed by atoms with Gasteiger partial charge < -0.3 is 4.74 Å². The van der Waals surface area contributed by atoms with Crippen LogP contribution in [0.15, 0.2) is 24.4 Å². The number of hydrogen-bond acceptors (Lipinski definition) is 3. The van der Waals surface area contributed by atoms with Crippen LogP contribution < -0.4 is 0 Å². The lowest BCUT2D eigenvalue weighted by Crippen LogP contribution is -2.42. The Kier molecular flexibility index (Phi) is 3.29. The first-order valence-corrected chi connectivity index (χ1v) is 6.92. The van der Waals surface area contributed by atoms with Gasteiger partial charge in [-0.25, -0.2) is 0 Å². The molecule has 1 unspecified atom stereocenters. The van der Waals surface area contributed by atoms with Crippen molar-refractivity contribution < 1.29 is 4.74 Å². The summed E-state index contributed by atoms with van der Waals surface area (Å²) in [6.45, 7) is 7.31. The number of ether oxygens (including phenoxy) is 1. The SMILES string of the molecule is CC(C)N1CCOC(c2ccc3c(cnn3C)c2)C1. The average molecular weight is 259 g/mol. The lowest BCUT2D eigenvalue weighted by atomic mass is 10.1. The van der Waals surface area contributed by atoms with Crippen LogP contribution in [0.5, 0.6) is 0 Å². The summed E-state index contributed by atoms with van der Waals surface area (Å²) in [7, 11) is 1.97. The molecule has 0 saturated carbocycles. The fourth-order valence-corrected chi connectivity index (χ4v) is 2.72. The molecule has 1 aliphatic rings. The van der Waals surface area contributed by atoms with Crippen molar-refractivity contribution in [2.24, 2.45) is 7.05 Å². The molecule has 0 radical (unpaired) electrons. The molecule has 0 spiro atoms. The highest BCUT2D eigenvalue weighted by molar-refractivity contribution is 5.79. The Hall–Kier alpha value is -1.39. The van der Waals surface area contributed by atoms with E-state index in [1.165, 1.54) is 16.5 Å². The third-order valence-corrected chi connectivity index (χ3v) is 3.97. The molecule has 1 aliphatic heterocycles. The van der Waals surface area contributed by atoms with Crippen LogP contribution in [-0.2, 0) is 11.8 Å². The highest BCUT2D eigenvalue weighted by atomic mass is 16.5. The van der Waals surface area contributed by atoms with E-state index in [-0.39, 0.29) is 6.10 Å². The molecule has 4 nitrogen and oxygen atoms in total. The minimum Gasteiger partial charge on any atom is -0.371 e. The first-order valence-electron chi connectivity index (χ1n) is 6.92. The van der Waals surface area contributed by atoms with Crippen LogP contribution in [0.4, 0.5) is 0 Å². The van der Waals surface area contributed by atoms with Crippen molar-refractivity contribution >= 4 is 10.9 Å². The van der Waals surface area contributed by atoms with E-state index >= 15 is 0 Å². The van der Waals surface area contributed by atoms with Crippen LogP contribution in [0.1, 0.15) is 25.5 Å². The van der Waals surface area contributed by atoms with Gasteiger partial charge in [-0.2, -0.15) is 5.10 Å². The van der Waals surface area contributed by atoms with Crippen LogP contribution in [0.2, 0.25) is 0 Å². The molecule has 19 heavy (non-hydrogen) atoms. The molecule has 1 aromatic heterocycles. The van der Waals surface area contributed by atoms with E-state index in [9.17, 15) is 0 Å². The van der Waals surface area contributed by atoms with Crippen molar-refractivity contribution in [3.8, 4) is 0 Å². The number of aryl methyl sites for hydroxylation is 1. The van der Waals surface area contributed by atoms with Gasteiger partial charge in [0.05, 0.1) is 24.4 Å². The van der Waals surface area contributed by atoms with Gasteiger partial charge in [-0.3, -0.25) is 9.58 Å². The summed E-state index contributed by atoms with van der Waals surface area (Å²) < 4.78 is 7.84. The van der Waals surface area contributed by atoms with E-state index in [4.69, 9.17) is 4.74 Å². The standard InChI is InChI=1S/C15H21N3O/c1-11(2)18-6-7-19-15(10-18)12-4-5-14-13(8-12)9-16-17(14)3/h4-5,8-9,11,15H,6-7,10H2,1-3H3. The molecule has 0 N–H and O–H groups in total. The highest BCUT2D eigenvalue weighted by Crippen LogP contribution is 2.26. The van der Waals surface area contributed by atoms with Gasteiger partial charge in [0.1, 0.15) is 0 Å². The normalized spacial score (nSPS) is 21.4. The van der Waals surface area contributed by atoms with E-state index < -0.39 is 0 Å². The van der Waals surface area contributed by atoms with E-state index in [1.807, 2.05) is 17.9 Å². The Bertz CT molecular complexity index is 576. The van der Waals surface area contributed by atoms with Gasteiger partial charge >= 0.3 is 0 Å². The zero-order chi connectivity index (χ0) is 13.4. The second-order valence-corrected chi connectivity index (χ2v) is 5.53. The summed E-state index contributed by atoms with van der Waals surface area (Å²) in [4.78, 5) is 2.47. The molecular weight excluding hydrogens is 238 g/mol. The molecule has 1 atom stereocenters. The van der Waals surface area contributed by atoms with E-state index in [2.05, 4.69) is 42.0 Å². The zero-order valence-corrected chi connectivity index (χ0v) is 11.8. The van der Waals surface area contributed by atoms with Gasteiger partial charge in [-0.1, -0.05) is 6.07 Å². The van der Waals surface area contributed by atoms with E-state index in [1.54, 1.807) is 0 Å². The molecule has 0 amide bonds. The molecular formula is C15H21N3O. The van der Waals surface area contributed by atoms with Crippen molar-refractivity contribution in [3.05, 3.63) is 30.0 Å². The number of benzene rings is 1. The minimum atomic E-state index is 0.181. The third-order valence-electron chi connectivity index (χ3n) is 3.97. The van der Waals surface area contributed by atoms with E-state index in [0.29, 0.717) is 6.04 Å². The van der Waals surface area contributed by atoms with Crippen molar-refractivity contribution in [1.29, 1.82) is 0 Å². The van der Waals surface area contributed by atoms with Crippen molar-refractivity contribution in [3.63, 3.8) is 0 Å². The predicted octanol–water partition coefficient (Wildman–Crippen LogP) is 2.36. The lowest BCUT2D eigenvalue weighted by molar-refractivity contribution is -0.0401. The highest BCUT2D eigenvalue weighted by Gasteiger charge is 2.23. The monoisotopic (exact) mass is 259 g/mol. The third kappa shape index (κ3) is 2.38. The van der Waals surface area contributed by atoms with Crippen LogP contribution in [0.25, 0.3) is 10.9 Å². The number of nitrogens with zero attached hydrogens (tertiary/aromatic N) is 3. The van der Waals surface area contributed by atoms with Gasteiger partial charge in [0.15, 0.2) is 0 Å². The van der Waals surface area contributed by atoms with E-state index in [0.717, 1.165) is 19.7 Å². The molecule has 1 aromatic carbocycles. The first-order chi connectivity index (χ1) is 9.15. The molecule has 4 heteroatoms. The fraction of sp³-hybridized carbons (Fsp3) is 0.533. The smallest absolute Gasteiger partial charge is 0.0952 e. The Morgan fingerprint density at radius 2 is 2.21 bits per heavy atom. The zero-order valence-electron chi connectivity index (χ0n) is 11.8. The van der Waals surface area contributed by atoms with Crippen LogP contribution in [0.3, 0.4) is 0 Å². The summed E-state index contributed by atoms with van der Waals surface area (Å²) in [5.41, 5.74) is 2.42. The number of morpholine rings is 1. The Balaban J connectivity index is 1.87. The fourth-order valence-electron chi connectivity index (χ4n) is 2.72. The second-order valence-electron chi connectivity index (χ2n) is 5.53. The van der Waals surface area contributed by atoms with Crippen molar-refractivity contribution in [2.45, 2.75) is 26.0 Å². The maximum Gasteiger partial charge on any atom is 0.0952 e. The molecule has 0 aliphatic carbocycles. The van der Waals surface area contributed by atoms with Gasteiger partial charge in [-0.05, 0) is 31.5 Å². The number of rotatable bonds is 2. The van der Waals surface area contributed by atoms with Gasteiger partial charge in [-0.15, -0.1) is 0 Å². The quantitative estimate of drug-likeness (QED) is 0.829. The summed E-state index contributed by atoms with van der Waals surface area (Å²) in [6, 6.07) is 7.08. The Morgan fingerprint density at radius 1 is 1.37 bits per heavy atom. The summed E-state index contributed by atoms with van der Waals surface area (Å²) in [5, 5.41) is 5.48. The minimum absolute atomic E-state index is 0.181. The predicted molar refractivity (Wildman–Crippen MR) is 76.1 cm³/mol. The lowest BCUT2D eigenvalue weighted by Gasteiger charge is -2.35. The van der Waals surface area contributed by atoms with Gasteiger partial charge in [0, 0.05) is 31.6 Å². The number of aromatic nitrogens is 2. The van der Waals surface area contributed by atoms with Gasteiger partial charge in [0.2, 0.25) is 0 Å². The largest absolute Gasteiger partial charge is 0.371 e. The number of fused-ring (bicyclic) bond motifs is 1. The van der Waals surface area contributed by atoms with Crippen molar-refractivity contribution in [2.75, 3.05) is 19.7 Å². The Morgan fingerprint density at radius 3 is 3.00 bits per heavy atom. The number of hydrogen-bond donors (Lipinski definition) is 0. The summed E-state index contributed by atoms with van der Waals surface area (Å²) >= 11 is 0. The van der Waals surface area contributed by atoms with Crippen LogP contribution in [-0.4, -0.2) is 40.4 Å². The molecule has 1 fully saturated rings. The van der Waals surface area contributed by atoms with Crippen molar-refractivity contribution in [1.82, 2.24) is 14.7 Å². The molecule has 2 aromatic rings. The first kappa shape index (κ1) is 12.6. The molecule has 102 valence electrons. The molecule has 0 bridgehead atoms. The molecule has 2 heterocycles. The topological polar surface area (TPSA) is 30.3 Å². The second kappa shape index (κ2) is 4.94. The molecule has 1 saturated heterocycles. The van der Waals surface area contributed by atoms with Gasteiger partial charge in [0.25, 0.3) is 0 Å². The maximum absolute atomic E-state index is 5.93. The van der Waals surface area contributed by atoms with Crippen LogP contribution in [0, 0.1) is 0 Å². The molecule has 3 rings (SSSR count). The average Bonchev–Trinajstić information content (AvgIpc) is 2.80. The maximum atomic E-state index is 5.93. The Labute approximate surface area is 114 Å². The summed E-state index contributed by atoms with van der Waals surface area (Å²) in [5.74, 6) is 0. The van der Waals surface area contributed by atoms with Crippen LogP contribution >= 0.6 is 0 Å².